The molecule has 7 nitrogen and oxygen atoms in total. The van der Waals surface area contributed by atoms with Crippen molar-refractivity contribution in [2.24, 2.45) is 0 Å². The highest BCUT2D eigenvalue weighted by Gasteiger charge is 2.22. The van der Waals surface area contributed by atoms with Gasteiger partial charge in [-0.3, -0.25) is 0 Å². The van der Waals surface area contributed by atoms with Crippen molar-refractivity contribution in [1.29, 1.82) is 0 Å². The lowest BCUT2D eigenvalue weighted by Gasteiger charge is -2.35. The molecule has 0 atom stereocenters. The minimum absolute atomic E-state index is 0.0667. The highest BCUT2D eigenvalue weighted by atomic mass is 16.2. The standard InChI is InChI=1S/C20H24N6O/c1-2-9-26-15-22-17-14-16(6-7-18(17)26)23-20(27)25-12-10-24(11-13-25)19-5-3-4-8-21-19/h3-8,14-15H,2,9-13H2,1H3,(H,23,27). The minimum Gasteiger partial charge on any atom is -0.353 e. The van der Waals surface area contributed by atoms with E-state index < -0.39 is 0 Å². The monoisotopic (exact) mass is 364 g/mol. The molecular formula is C20H24N6O. The first-order chi connectivity index (χ1) is 13.2. The molecule has 1 fully saturated rings. The van der Waals surface area contributed by atoms with Crippen LogP contribution >= 0.6 is 0 Å². The fourth-order valence-corrected chi connectivity index (χ4v) is 3.44. The van der Waals surface area contributed by atoms with Gasteiger partial charge in [0.2, 0.25) is 0 Å². The van der Waals surface area contributed by atoms with Crippen LogP contribution in [0.1, 0.15) is 13.3 Å². The number of fused-ring (bicyclic) bond motifs is 1. The predicted molar refractivity (Wildman–Crippen MR) is 107 cm³/mol. The smallest absolute Gasteiger partial charge is 0.321 e. The van der Waals surface area contributed by atoms with E-state index >= 15 is 0 Å². The Bertz CT molecular complexity index is 915. The van der Waals surface area contributed by atoms with E-state index in [1.54, 1.807) is 6.20 Å². The molecule has 1 saturated heterocycles. The maximum Gasteiger partial charge on any atom is 0.321 e. The number of aryl methyl sites for hydroxylation is 1. The number of pyridine rings is 1. The van der Waals surface area contributed by atoms with Crippen molar-refractivity contribution < 1.29 is 4.79 Å². The van der Waals surface area contributed by atoms with Crippen LogP contribution in [0.3, 0.4) is 0 Å². The third kappa shape index (κ3) is 3.72. The van der Waals surface area contributed by atoms with Gasteiger partial charge in [-0.25, -0.2) is 14.8 Å². The van der Waals surface area contributed by atoms with Crippen molar-refractivity contribution in [2.75, 3.05) is 36.4 Å². The van der Waals surface area contributed by atoms with E-state index in [1.807, 2.05) is 47.6 Å². The van der Waals surface area contributed by atoms with Crippen molar-refractivity contribution in [3.8, 4) is 0 Å². The van der Waals surface area contributed by atoms with E-state index in [1.165, 1.54) is 0 Å². The molecule has 0 bridgehead atoms. The Labute approximate surface area is 158 Å². The number of urea groups is 1. The molecule has 1 aliphatic heterocycles. The lowest BCUT2D eigenvalue weighted by Crippen LogP contribution is -2.50. The maximum atomic E-state index is 12.6. The molecule has 140 valence electrons. The van der Waals surface area contributed by atoms with E-state index in [4.69, 9.17) is 0 Å². The highest BCUT2D eigenvalue weighted by molar-refractivity contribution is 5.92. The van der Waals surface area contributed by atoms with Gasteiger partial charge >= 0.3 is 6.03 Å². The Hall–Kier alpha value is -3.09. The van der Waals surface area contributed by atoms with Crippen LogP contribution in [0.2, 0.25) is 0 Å². The van der Waals surface area contributed by atoms with E-state index in [2.05, 4.69) is 31.7 Å². The first-order valence-corrected chi connectivity index (χ1v) is 9.41. The first kappa shape index (κ1) is 17.3. The fraction of sp³-hybridized carbons (Fsp3) is 0.350. The number of piperazine rings is 1. The topological polar surface area (TPSA) is 66.3 Å². The van der Waals surface area contributed by atoms with Crippen molar-refractivity contribution in [1.82, 2.24) is 19.4 Å². The SMILES string of the molecule is CCCn1cnc2cc(NC(=O)N3CCN(c4ccccn4)CC3)ccc21. The first-order valence-electron chi connectivity index (χ1n) is 9.41. The molecule has 0 unspecified atom stereocenters. The zero-order valence-corrected chi connectivity index (χ0v) is 15.5. The van der Waals surface area contributed by atoms with Crippen LogP contribution in [0.25, 0.3) is 11.0 Å². The van der Waals surface area contributed by atoms with Crippen molar-refractivity contribution in [3.05, 3.63) is 48.9 Å². The summed E-state index contributed by atoms with van der Waals surface area (Å²) < 4.78 is 2.14. The Morgan fingerprint density at radius 3 is 2.70 bits per heavy atom. The van der Waals surface area contributed by atoms with Gasteiger partial charge < -0.3 is 19.7 Å². The molecule has 0 spiro atoms. The molecule has 27 heavy (non-hydrogen) atoms. The van der Waals surface area contributed by atoms with Crippen molar-refractivity contribution in [3.63, 3.8) is 0 Å². The Kier molecular flexibility index (Phi) is 4.91. The molecule has 2 amide bonds. The van der Waals surface area contributed by atoms with Crippen LogP contribution in [-0.4, -0.2) is 51.6 Å². The number of carbonyl (C=O) groups excluding carboxylic acids is 1. The molecule has 4 rings (SSSR count). The molecular weight excluding hydrogens is 340 g/mol. The lowest BCUT2D eigenvalue weighted by molar-refractivity contribution is 0.208. The normalized spacial score (nSPS) is 14.6. The summed E-state index contributed by atoms with van der Waals surface area (Å²) in [7, 11) is 0. The van der Waals surface area contributed by atoms with Gasteiger partial charge in [0.05, 0.1) is 17.4 Å². The Morgan fingerprint density at radius 2 is 1.96 bits per heavy atom. The zero-order chi connectivity index (χ0) is 18.6. The van der Waals surface area contributed by atoms with Gasteiger partial charge in [0, 0.05) is 44.6 Å². The largest absolute Gasteiger partial charge is 0.353 e. The van der Waals surface area contributed by atoms with Gasteiger partial charge in [0.1, 0.15) is 5.82 Å². The number of rotatable bonds is 4. The molecule has 1 N–H and O–H groups in total. The fourth-order valence-electron chi connectivity index (χ4n) is 3.44. The van der Waals surface area contributed by atoms with Crippen molar-refractivity contribution in [2.45, 2.75) is 19.9 Å². The summed E-state index contributed by atoms with van der Waals surface area (Å²) in [5.41, 5.74) is 2.78. The molecule has 0 radical (unpaired) electrons. The maximum absolute atomic E-state index is 12.6. The van der Waals surface area contributed by atoms with Crippen LogP contribution in [-0.2, 0) is 6.54 Å². The number of aromatic nitrogens is 3. The summed E-state index contributed by atoms with van der Waals surface area (Å²) >= 11 is 0. The number of benzene rings is 1. The lowest BCUT2D eigenvalue weighted by atomic mass is 10.2. The summed E-state index contributed by atoms with van der Waals surface area (Å²) in [4.78, 5) is 25.5. The number of hydrogen-bond acceptors (Lipinski definition) is 4. The number of amides is 2. The molecule has 0 saturated carbocycles. The zero-order valence-electron chi connectivity index (χ0n) is 15.5. The number of imidazole rings is 1. The Morgan fingerprint density at radius 1 is 1.11 bits per heavy atom. The van der Waals surface area contributed by atoms with Crippen LogP contribution in [0.15, 0.2) is 48.9 Å². The van der Waals surface area contributed by atoms with Gasteiger partial charge in [-0.15, -0.1) is 0 Å². The van der Waals surface area contributed by atoms with Crippen LogP contribution < -0.4 is 10.2 Å². The Balaban J connectivity index is 1.37. The van der Waals surface area contributed by atoms with Crippen LogP contribution in [0.5, 0.6) is 0 Å². The number of nitrogens with one attached hydrogen (secondary N) is 1. The minimum atomic E-state index is -0.0667. The van der Waals surface area contributed by atoms with Crippen LogP contribution in [0.4, 0.5) is 16.3 Å². The van der Waals surface area contributed by atoms with E-state index in [0.717, 1.165) is 48.6 Å². The van der Waals surface area contributed by atoms with E-state index in [0.29, 0.717) is 13.1 Å². The van der Waals surface area contributed by atoms with Gasteiger partial charge in [0.15, 0.2) is 0 Å². The molecule has 2 aromatic heterocycles. The predicted octanol–water partition coefficient (Wildman–Crippen LogP) is 3.20. The molecule has 3 aromatic rings. The number of anilines is 2. The summed E-state index contributed by atoms with van der Waals surface area (Å²) in [5.74, 6) is 0.964. The highest BCUT2D eigenvalue weighted by Crippen LogP contribution is 2.19. The second-order valence-electron chi connectivity index (χ2n) is 6.73. The van der Waals surface area contributed by atoms with E-state index in [9.17, 15) is 4.79 Å². The average Bonchev–Trinajstić information content (AvgIpc) is 3.11. The van der Waals surface area contributed by atoms with Gasteiger partial charge in [0.25, 0.3) is 0 Å². The number of carbonyl (C=O) groups is 1. The number of nitrogens with zero attached hydrogens (tertiary/aromatic N) is 5. The van der Waals surface area contributed by atoms with Gasteiger partial charge in [-0.2, -0.15) is 0 Å². The van der Waals surface area contributed by atoms with Gasteiger partial charge in [-0.05, 0) is 36.8 Å². The average molecular weight is 364 g/mol. The summed E-state index contributed by atoms with van der Waals surface area (Å²) in [5, 5.41) is 3.00. The van der Waals surface area contributed by atoms with Crippen molar-refractivity contribution >= 4 is 28.6 Å². The summed E-state index contributed by atoms with van der Waals surface area (Å²) in [6.45, 7) is 6.01. The van der Waals surface area contributed by atoms with Crippen LogP contribution in [0, 0.1) is 0 Å². The summed E-state index contributed by atoms with van der Waals surface area (Å²) in [6, 6.07) is 11.7. The molecule has 0 aliphatic carbocycles. The van der Waals surface area contributed by atoms with E-state index in [-0.39, 0.29) is 6.03 Å². The summed E-state index contributed by atoms with van der Waals surface area (Å²) in [6.07, 6.45) is 4.72. The third-order valence-corrected chi connectivity index (χ3v) is 4.88. The molecule has 1 aromatic carbocycles. The number of hydrogen-bond donors (Lipinski definition) is 1. The molecule has 7 heteroatoms. The third-order valence-electron chi connectivity index (χ3n) is 4.88. The second kappa shape index (κ2) is 7.65. The quantitative estimate of drug-likeness (QED) is 0.772. The molecule has 3 heterocycles. The molecule has 1 aliphatic rings. The van der Waals surface area contributed by atoms with Gasteiger partial charge in [-0.1, -0.05) is 13.0 Å². The second-order valence-corrected chi connectivity index (χ2v) is 6.73.